The second-order valence-corrected chi connectivity index (χ2v) is 5.92. The first-order chi connectivity index (χ1) is 9.95. The van der Waals surface area contributed by atoms with Crippen molar-refractivity contribution >= 4 is 49.1 Å². The highest BCUT2D eigenvalue weighted by molar-refractivity contribution is 9.10. The number of rotatable bonds is 4. The molecule has 0 unspecified atom stereocenters. The lowest BCUT2D eigenvalue weighted by Crippen LogP contribution is -2.20. The number of carbonyl (C=O) groups excluding carboxylic acids is 1. The number of halogens is 3. The Kier molecular flexibility index (Phi) is 5.19. The Morgan fingerprint density at radius 2 is 2.00 bits per heavy atom. The molecule has 0 aromatic heterocycles. The van der Waals surface area contributed by atoms with Crippen LogP contribution >= 0.6 is 31.9 Å². The van der Waals surface area contributed by atoms with E-state index in [2.05, 4.69) is 37.2 Å². The van der Waals surface area contributed by atoms with E-state index in [9.17, 15) is 9.18 Å². The Hall–Kier alpha value is -1.60. The average Bonchev–Trinajstić information content (AvgIpc) is 2.41. The zero-order valence-electron chi connectivity index (χ0n) is 10.7. The molecule has 0 aliphatic rings. The zero-order valence-corrected chi connectivity index (χ0v) is 13.9. The van der Waals surface area contributed by atoms with E-state index in [1.807, 2.05) is 0 Å². The van der Waals surface area contributed by atoms with Gasteiger partial charge in [0, 0.05) is 14.6 Å². The topological polar surface area (TPSA) is 64.3 Å². The van der Waals surface area contributed by atoms with Gasteiger partial charge in [0.15, 0.2) is 18.2 Å². The Bertz CT molecular complexity index is 680. The molecule has 2 aromatic rings. The Labute approximate surface area is 137 Å². The monoisotopic (exact) mass is 416 g/mol. The lowest BCUT2D eigenvalue weighted by Gasteiger charge is -2.10. The fourth-order valence-corrected chi connectivity index (χ4v) is 2.38. The Balaban J connectivity index is 1.96. The van der Waals surface area contributed by atoms with E-state index in [0.717, 1.165) is 0 Å². The summed E-state index contributed by atoms with van der Waals surface area (Å²) in [6.07, 6.45) is 0. The molecule has 21 heavy (non-hydrogen) atoms. The third kappa shape index (κ3) is 4.44. The highest BCUT2D eigenvalue weighted by Gasteiger charge is 2.09. The van der Waals surface area contributed by atoms with Gasteiger partial charge in [-0.25, -0.2) is 4.39 Å². The highest BCUT2D eigenvalue weighted by atomic mass is 79.9. The van der Waals surface area contributed by atoms with Gasteiger partial charge in [0.25, 0.3) is 5.91 Å². The van der Waals surface area contributed by atoms with Crippen LogP contribution < -0.4 is 15.8 Å². The van der Waals surface area contributed by atoms with Crippen LogP contribution in [-0.4, -0.2) is 12.5 Å². The molecule has 0 saturated heterocycles. The van der Waals surface area contributed by atoms with Gasteiger partial charge in [-0.2, -0.15) is 0 Å². The minimum absolute atomic E-state index is 0.0183. The number of anilines is 2. The summed E-state index contributed by atoms with van der Waals surface area (Å²) in [5.74, 6) is -0.918. The first-order valence-electron chi connectivity index (χ1n) is 5.88. The molecule has 0 fully saturated rings. The van der Waals surface area contributed by atoms with Crippen molar-refractivity contribution in [2.24, 2.45) is 0 Å². The number of ether oxygens (including phenoxy) is 1. The lowest BCUT2D eigenvalue weighted by atomic mass is 10.3. The summed E-state index contributed by atoms with van der Waals surface area (Å²) in [7, 11) is 0. The van der Waals surface area contributed by atoms with Crippen molar-refractivity contribution in [3.63, 3.8) is 0 Å². The molecule has 0 bridgehead atoms. The van der Waals surface area contributed by atoms with Crippen LogP contribution in [0.4, 0.5) is 15.8 Å². The molecule has 2 aromatic carbocycles. The Morgan fingerprint density at radius 3 is 2.67 bits per heavy atom. The minimum atomic E-state index is -0.536. The molecule has 0 spiro atoms. The summed E-state index contributed by atoms with van der Waals surface area (Å²) in [4.78, 5) is 11.8. The van der Waals surface area contributed by atoms with E-state index < -0.39 is 11.7 Å². The molecular weight excluding hydrogens is 407 g/mol. The predicted molar refractivity (Wildman–Crippen MR) is 86.8 cm³/mol. The highest BCUT2D eigenvalue weighted by Crippen LogP contribution is 2.25. The lowest BCUT2D eigenvalue weighted by molar-refractivity contribution is -0.118. The van der Waals surface area contributed by atoms with Crippen LogP contribution in [0.1, 0.15) is 0 Å². The average molecular weight is 418 g/mol. The van der Waals surface area contributed by atoms with Gasteiger partial charge in [-0.05, 0) is 52.3 Å². The van der Waals surface area contributed by atoms with Crippen LogP contribution in [0.3, 0.4) is 0 Å². The van der Waals surface area contributed by atoms with Crippen LogP contribution in [0.2, 0.25) is 0 Å². The van der Waals surface area contributed by atoms with Gasteiger partial charge in [-0.3, -0.25) is 4.79 Å². The zero-order chi connectivity index (χ0) is 15.4. The first kappa shape index (κ1) is 15.8. The van der Waals surface area contributed by atoms with Crippen molar-refractivity contribution in [1.82, 2.24) is 0 Å². The van der Waals surface area contributed by atoms with Gasteiger partial charge < -0.3 is 15.8 Å². The molecule has 4 nitrogen and oxygen atoms in total. The molecule has 1 amide bonds. The number of carbonyl (C=O) groups is 1. The van der Waals surface area contributed by atoms with Crippen LogP contribution in [-0.2, 0) is 4.79 Å². The number of nitrogen functional groups attached to an aromatic ring is 1. The number of hydrogen-bond donors (Lipinski definition) is 2. The second-order valence-electron chi connectivity index (χ2n) is 4.15. The molecule has 2 rings (SSSR count). The second kappa shape index (κ2) is 6.91. The number of hydrogen-bond acceptors (Lipinski definition) is 3. The summed E-state index contributed by atoms with van der Waals surface area (Å²) in [6, 6.07) is 9.35. The summed E-state index contributed by atoms with van der Waals surface area (Å²) in [6.45, 7) is -0.296. The van der Waals surface area contributed by atoms with E-state index in [4.69, 9.17) is 10.5 Å². The van der Waals surface area contributed by atoms with E-state index in [-0.39, 0.29) is 12.4 Å². The van der Waals surface area contributed by atoms with Crippen molar-refractivity contribution in [2.45, 2.75) is 0 Å². The van der Waals surface area contributed by atoms with E-state index in [0.29, 0.717) is 20.3 Å². The van der Waals surface area contributed by atoms with Crippen LogP contribution in [0.5, 0.6) is 5.75 Å². The summed E-state index contributed by atoms with van der Waals surface area (Å²) >= 11 is 6.43. The SMILES string of the molecule is Nc1ccc(NC(=O)COc2ccc(Br)cc2F)c(Br)c1. The molecule has 0 radical (unpaired) electrons. The van der Waals surface area contributed by atoms with E-state index in [1.54, 1.807) is 24.3 Å². The van der Waals surface area contributed by atoms with E-state index >= 15 is 0 Å². The van der Waals surface area contributed by atoms with Gasteiger partial charge in [0.2, 0.25) is 0 Å². The van der Waals surface area contributed by atoms with Crippen LogP contribution in [0.15, 0.2) is 45.3 Å². The summed E-state index contributed by atoms with van der Waals surface area (Å²) in [5.41, 5.74) is 6.75. The van der Waals surface area contributed by atoms with Crippen molar-refractivity contribution in [3.8, 4) is 5.75 Å². The van der Waals surface area contributed by atoms with Gasteiger partial charge in [-0.15, -0.1) is 0 Å². The quantitative estimate of drug-likeness (QED) is 0.740. The van der Waals surface area contributed by atoms with Crippen molar-refractivity contribution in [1.29, 1.82) is 0 Å². The smallest absolute Gasteiger partial charge is 0.262 e. The fourth-order valence-electron chi connectivity index (χ4n) is 1.55. The van der Waals surface area contributed by atoms with Gasteiger partial charge in [0.05, 0.1) is 5.69 Å². The number of nitrogens with two attached hydrogens (primary N) is 1. The molecule has 0 heterocycles. The van der Waals surface area contributed by atoms with Gasteiger partial charge >= 0.3 is 0 Å². The molecule has 7 heteroatoms. The molecule has 0 saturated carbocycles. The largest absolute Gasteiger partial charge is 0.481 e. The van der Waals surface area contributed by atoms with Crippen molar-refractivity contribution < 1.29 is 13.9 Å². The standard InChI is InChI=1S/C14H11Br2FN2O2/c15-8-1-4-13(11(17)5-8)21-7-14(20)19-12-3-2-9(18)6-10(12)16/h1-6H,7,18H2,(H,19,20). The molecule has 110 valence electrons. The molecule has 3 N–H and O–H groups in total. The third-order valence-electron chi connectivity index (χ3n) is 2.52. The minimum Gasteiger partial charge on any atom is -0.481 e. The van der Waals surface area contributed by atoms with Crippen LogP contribution in [0, 0.1) is 5.82 Å². The fraction of sp³-hybridized carbons (Fsp3) is 0.0714. The van der Waals surface area contributed by atoms with Crippen molar-refractivity contribution in [3.05, 3.63) is 51.2 Å². The maximum absolute atomic E-state index is 13.5. The predicted octanol–water partition coefficient (Wildman–Crippen LogP) is 3.95. The Morgan fingerprint density at radius 1 is 1.24 bits per heavy atom. The van der Waals surface area contributed by atoms with Crippen LogP contribution in [0.25, 0.3) is 0 Å². The molecule has 0 atom stereocenters. The summed E-state index contributed by atoms with van der Waals surface area (Å²) in [5, 5.41) is 2.64. The molecule has 0 aliphatic carbocycles. The summed E-state index contributed by atoms with van der Waals surface area (Å²) < 4.78 is 19.9. The maximum Gasteiger partial charge on any atom is 0.262 e. The van der Waals surface area contributed by atoms with Gasteiger partial charge in [-0.1, -0.05) is 15.9 Å². The molecule has 0 aliphatic heterocycles. The first-order valence-corrected chi connectivity index (χ1v) is 7.47. The normalized spacial score (nSPS) is 10.2. The molecular formula is C14H11Br2FN2O2. The third-order valence-corrected chi connectivity index (χ3v) is 3.67. The number of amides is 1. The number of benzene rings is 2. The number of nitrogens with one attached hydrogen (secondary N) is 1. The maximum atomic E-state index is 13.5. The van der Waals surface area contributed by atoms with Crippen molar-refractivity contribution in [2.75, 3.05) is 17.7 Å². The van der Waals surface area contributed by atoms with Gasteiger partial charge in [0.1, 0.15) is 0 Å². The van der Waals surface area contributed by atoms with E-state index in [1.165, 1.54) is 12.1 Å².